The lowest BCUT2D eigenvalue weighted by atomic mass is 10.0. The van der Waals surface area contributed by atoms with Crippen LogP contribution in [0.5, 0.6) is 0 Å². The zero-order valence-electron chi connectivity index (χ0n) is 17.8. The molecule has 1 aliphatic carbocycles. The Kier molecular flexibility index (Phi) is 6.05. The van der Waals surface area contributed by atoms with Gasteiger partial charge in [-0.2, -0.15) is 4.39 Å². The Morgan fingerprint density at radius 2 is 1.86 bits per heavy atom. The van der Waals surface area contributed by atoms with Crippen molar-refractivity contribution >= 4 is 18.4 Å². The molecular weight excluding hydrogens is 369 g/mol. The van der Waals surface area contributed by atoms with E-state index < -0.39 is 5.95 Å². The van der Waals surface area contributed by atoms with E-state index in [0.717, 1.165) is 24.0 Å². The second-order valence-electron chi connectivity index (χ2n) is 8.29. The minimum Gasteiger partial charge on any atom is -0.365 e. The summed E-state index contributed by atoms with van der Waals surface area (Å²) in [6.07, 6.45) is 2.18. The molecule has 0 atom stereocenters. The standard InChI is InChI=1S/C22H30FN5O/c1-15(2)19(16(3)20(24-5)26-22(4)9-10-22)21(29)28-13-11-27(12-14-28)18-8-6-7-17(23)25-18/h6-8,26H,5,9-14H2,1-4H3/b20-16-. The maximum Gasteiger partial charge on any atom is 0.254 e. The zero-order valence-corrected chi connectivity index (χ0v) is 17.8. The first kappa shape index (κ1) is 21.0. The molecule has 156 valence electrons. The summed E-state index contributed by atoms with van der Waals surface area (Å²) in [5.74, 6) is 0.793. The molecule has 2 aliphatic rings. The zero-order chi connectivity index (χ0) is 21.2. The molecule has 0 bridgehead atoms. The largest absolute Gasteiger partial charge is 0.365 e. The maximum atomic E-state index is 13.4. The summed E-state index contributed by atoms with van der Waals surface area (Å²) in [6, 6.07) is 4.78. The van der Waals surface area contributed by atoms with Crippen LogP contribution >= 0.6 is 0 Å². The number of hydrogen-bond acceptors (Lipinski definition) is 5. The third-order valence-corrected chi connectivity index (χ3v) is 5.61. The molecule has 1 saturated heterocycles. The molecule has 1 aromatic rings. The maximum absolute atomic E-state index is 13.4. The number of anilines is 1. The lowest BCUT2D eigenvalue weighted by molar-refractivity contribution is -0.127. The number of halogens is 1. The molecule has 1 saturated carbocycles. The molecule has 0 radical (unpaired) electrons. The average molecular weight is 400 g/mol. The predicted molar refractivity (Wildman–Crippen MR) is 114 cm³/mol. The lowest BCUT2D eigenvalue weighted by Gasteiger charge is -2.36. The van der Waals surface area contributed by atoms with Crippen LogP contribution in [0.3, 0.4) is 0 Å². The number of rotatable bonds is 6. The number of carbonyl (C=O) groups is 1. The van der Waals surface area contributed by atoms with Crippen LogP contribution < -0.4 is 10.2 Å². The minimum atomic E-state index is -0.491. The van der Waals surface area contributed by atoms with E-state index >= 15 is 0 Å². The van der Waals surface area contributed by atoms with Crippen LogP contribution in [0.1, 0.15) is 40.5 Å². The summed E-state index contributed by atoms with van der Waals surface area (Å²) >= 11 is 0. The van der Waals surface area contributed by atoms with Gasteiger partial charge < -0.3 is 15.1 Å². The molecule has 0 spiro atoms. The SMILES string of the molecule is C=N/C(NC1(C)CC1)=C(\C)C(C(=O)N1CCN(c2cccc(F)n2)CC1)=C(C)C. The van der Waals surface area contributed by atoms with Crippen LogP contribution in [0.2, 0.25) is 0 Å². The molecule has 2 fully saturated rings. The Labute approximate surface area is 172 Å². The Morgan fingerprint density at radius 3 is 2.38 bits per heavy atom. The van der Waals surface area contributed by atoms with Gasteiger partial charge in [0.15, 0.2) is 0 Å². The number of amides is 1. The van der Waals surface area contributed by atoms with E-state index in [-0.39, 0.29) is 11.4 Å². The van der Waals surface area contributed by atoms with Gasteiger partial charge in [0, 0.05) is 42.9 Å². The highest BCUT2D eigenvalue weighted by atomic mass is 19.1. The van der Waals surface area contributed by atoms with E-state index in [0.29, 0.717) is 43.4 Å². The number of pyridine rings is 1. The predicted octanol–water partition coefficient (Wildman–Crippen LogP) is 3.28. The number of hydrogen-bond donors (Lipinski definition) is 1. The first-order valence-corrected chi connectivity index (χ1v) is 10.0. The Hall–Kier alpha value is -2.70. The number of nitrogens with one attached hydrogen (secondary N) is 1. The van der Waals surface area contributed by atoms with Gasteiger partial charge in [-0.3, -0.25) is 4.79 Å². The monoisotopic (exact) mass is 399 g/mol. The molecule has 0 unspecified atom stereocenters. The van der Waals surface area contributed by atoms with Crippen molar-refractivity contribution in [2.75, 3.05) is 31.1 Å². The van der Waals surface area contributed by atoms with Crippen molar-refractivity contribution in [3.63, 3.8) is 0 Å². The molecule has 0 aromatic carbocycles. The fourth-order valence-electron chi connectivity index (χ4n) is 3.59. The van der Waals surface area contributed by atoms with Gasteiger partial charge in [0.2, 0.25) is 5.95 Å². The lowest BCUT2D eigenvalue weighted by Crippen LogP contribution is -2.49. The number of allylic oxidation sites excluding steroid dienone is 1. The van der Waals surface area contributed by atoms with Gasteiger partial charge in [-0.25, -0.2) is 9.98 Å². The summed E-state index contributed by atoms with van der Waals surface area (Å²) in [6.45, 7) is 14.0. The van der Waals surface area contributed by atoms with Gasteiger partial charge >= 0.3 is 0 Å². The van der Waals surface area contributed by atoms with Crippen LogP contribution in [0.15, 0.2) is 45.7 Å². The van der Waals surface area contributed by atoms with Gasteiger partial charge in [-0.1, -0.05) is 11.6 Å². The molecule has 1 aliphatic heterocycles. The molecule has 1 aromatic heterocycles. The van der Waals surface area contributed by atoms with E-state index in [1.54, 1.807) is 12.1 Å². The molecule has 3 rings (SSSR count). The highest BCUT2D eigenvalue weighted by molar-refractivity contribution is 5.98. The van der Waals surface area contributed by atoms with E-state index in [1.807, 2.05) is 30.6 Å². The van der Waals surface area contributed by atoms with Gasteiger partial charge in [0.1, 0.15) is 11.6 Å². The number of carbonyl (C=O) groups excluding carboxylic acids is 1. The van der Waals surface area contributed by atoms with Gasteiger partial charge in [0.25, 0.3) is 5.91 Å². The normalized spacial score (nSPS) is 18.7. The topological polar surface area (TPSA) is 60.8 Å². The Balaban J connectivity index is 1.74. The number of piperazine rings is 1. The van der Waals surface area contributed by atoms with Crippen LogP contribution in [0, 0.1) is 5.95 Å². The number of aromatic nitrogens is 1. The van der Waals surface area contributed by atoms with Crippen LogP contribution in [0.25, 0.3) is 0 Å². The highest BCUT2D eigenvalue weighted by Crippen LogP contribution is 2.36. The first-order chi connectivity index (χ1) is 13.7. The van der Waals surface area contributed by atoms with Crippen molar-refractivity contribution in [2.24, 2.45) is 4.99 Å². The fourth-order valence-corrected chi connectivity index (χ4v) is 3.59. The summed E-state index contributed by atoms with van der Waals surface area (Å²) < 4.78 is 13.4. The van der Waals surface area contributed by atoms with Crippen LogP contribution in [-0.2, 0) is 4.79 Å². The van der Waals surface area contributed by atoms with Crippen molar-refractivity contribution in [1.82, 2.24) is 15.2 Å². The van der Waals surface area contributed by atoms with E-state index in [9.17, 15) is 9.18 Å². The third kappa shape index (κ3) is 4.83. The molecule has 7 heteroatoms. The summed E-state index contributed by atoms with van der Waals surface area (Å²) in [7, 11) is 0. The van der Waals surface area contributed by atoms with Crippen molar-refractivity contribution in [3.05, 3.63) is 46.7 Å². The van der Waals surface area contributed by atoms with Crippen LogP contribution in [-0.4, -0.2) is 54.2 Å². The molecule has 1 N–H and O–H groups in total. The average Bonchev–Trinajstić information content (AvgIpc) is 3.43. The quantitative estimate of drug-likeness (QED) is 0.345. The van der Waals surface area contributed by atoms with Gasteiger partial charge in [-0.15, -0.1) is 0 Å². The smallest absolute Gasteiger partial charge is 0.254 e. The van der Waals surface area contributed by atoms with Crippen LogP contribution in [0.4, 0.5) is 10.2 Å². The first-order valence-electron chi connectivity index (χ1n) is 10.0. The Bertz CT molecular complexity index is 860. The number of nitrogens with zero attached hydrogens (tertiary/aromatic N) is 4. The van der Waals surface area contributed by atoms with Crippen molar-refractivity contribution in [1.29, 1.82) is 0 Å². The van der Waals surface area contributed by atoms with E-state index in [1.165, 1.54) is 6.07 Å². The third-order valence-electron chi connectivity index (χ3n) is 5.61. The second-order valence-corrected chi connectivity index (χ2v) is 8.29. The molecule has 6 nitrogen and oxygen atoms in total. The molecule has 29 heavy (non-hydrogen) atoms. The minimum absolute atomic E-state index is 0.00162. The van der Waals surface area contributed by atoms with Gasteiger partial charge in [0.05, 0.1) is 0 Å². The van der Waals surface area contributed by atoms with E-state index in [2.05, 4.69) is 28.9 Å². The highest BCUT2D eigenvalue weighted by Gasteiger charge is 2.38. The van der Waals surface area contributed by atoms with Gasteiger partial charge in [-0.05, 0) is 59.4 Å². The Morgan fingerprint density at radius 1 is 1.21 bits per heavy atom. The van der Waals surface area contributed by atoms with E-state index in [4.69, 9.17) is 0 Å². The summed E-state index contributed by atoms with van der Waals surface area (Å²) in [5.41, 5.74) is 2.51. The van der Waals surface area contributed by atoms with Crippen molar-refractivity contribution < 1.29 is 9.18 Å². The number of aliphatic imine (C=N–C) groups is 1. The summed E-state index contributed by atoms with van der Waals surface area (Å²) in [4.78, 5) is 25.3. The molecule has 2 heterocycles. The molecule has 1 amide bonds. The molecular formula is C22H30FN5O. The van der Waals surface area contributed by atoms with Crippen molar-refractivity contribution in [3.8, 4) is 0 Å². The summed E-state index contributed by atoms with van der Waals surface area (Å²) in [5, 5.41) is 3.44. The van der Waals surface area contributed by atoms with Crippen molar-refractivity contribution in [2.45, 2.75) is 46.1 Å². The second kappa shape index (κ2) is 8.35. The fraction of sp³-hybridized carbons (Fsp3) is 0.500.